The summed E-state index contributed by atoms with van der Waals surface area (Å²) in [7, 11) is 1.76. The van der Waals surface area contributed by atoms with Gasteiger partial charge in [-0.05, 0) is 18.2 Å². The van der Waals surface area contributed by atoms with E-state index in [1.807, 2.05) is 0 Å². The zero-order valence-corrected chi connectivity index (χ0v) is 10.3. The van der Waals surface area contributed by atoms with Gasteiger partial charge in [0.15, 0.2) is 5.82 Å². The second kappa shape index (κ2) is 3.98. The molecule has 1 aromatic heterocycles. The molecule has 7 heteroatoms. The number of nitrogens with zero attached hydrogens (tertiary/aromatic N) is 3. The Morgan fingerprint density at radius 1 is 1.37 bits per heavy atom. The van der Waals surface area contributed by atoms with Gasteiger partial charge >= 0.3 is 6.03 Å². The lowest BCUT2D eigenvalue weighted by molar-refractivity contribution is -0.120. The van der Waals surface area contributed by atoms with Gasteiger partial charge in [0, 0.05) is 25.4 Å². The highest BCUT2D eigenvalue weighted by atomic mass is 16.3. The van der Waals surface area contributed by atoms with Gasteiger partial charge in [-0.3, -0.25) is 19.7 Å². The summed E-state index contributed by atoms with van der Waals surface area (Å²) in [4.78, 5) is 24.4. The Kier molecular flexibility index (Phi) is 2.41. The number of anilines is 1. The van der Waals surface area contributed by atoms with Crippen LogP contribution < -0.4 is 10.2 Å². The number of phenolic OH excluding ortho intramolecular Hbond substituents is 1. The molecule has 2 heterocycles. The Hall–Kier alpha value is -2.57. The minimum Gasteiger partial charge on any atom is -0.508 e. The zero-order valence-electron chi connectivity index (χ0n) is 10.3. The molecule has 2 N–H and O–H groups in total. The standard InChI is InChI=1S/C12H12N4O3/c1-15-9-3-2-7(17)6-8(9)11(14-15)16-5-4-10(18)13-12(16)19/h2-3,6,17H,4-5H2,1H3,(H,13,18,19). The van der Waals surface area contributed by atoms with Crippen molar-refractivity contribution in [1.29, 1.82) is 0 Å². The minimum atomic E-state index is -0.486. The molecule has 0 spiro atoms. The summed E-state index contributed by atoms with van der Waals surface area (Å²) in [6.07, 6.45) is 0.239. The van der Waals surface area contributed by atoms with Gasteiger partial charge < -0.3 is 5.11 Å². The molecule has 0 unspecified atom stereocenters. The summed E-state index contributed by atoms with van der Waals surface area (Å²) in [5.41, 5.74) is 0.803. The highest BCUT2D eigenvalue weighted by molar-refractivity contribution is 6.08. The van der Waals surface area contributed by atoms with Crippen LogP contribution in [0.3, 0.4) is 0 Å². The van der Waals surface area contributed by atoms with Crippen molar-refractivity contribution in [2.75, 3.05) is 11.4 Å². The fraction of sp³-hybridized carbons (Fsp3) is 0.250. The third-order valence-electron chi connectivity index (χ3n) is 3.12. The van der Waals surface area contributed by atoms with Gasteiger partial charge in [0.25, 0.3) is 0 Å². The van der Waals surface area contributed by atoms with Gasteiger partial charge in [-0.25, -0.2) is 4.79 Å². The predicted octanol–water partition coefficient (Wildman–Crippen LogP) is 0.725. The monoisotopic (exact) mass is 260 g/mol. The van der Waals surface area contributed by atoms with Crippen molar-refractivity contribution in [3.05, 3.63) is 18.2 Å². The predicted molar refractivity (Wildman–Crippen MR) is 67.9 cm³/mol. The van der Waals surface area contributed by atoms with Gasteiger partial charge in [0.2, 0.25) is 5.91 Å². The molecule has 3 rings (SSSR count). The molecule has 0 saturated carbocycles. The van der Waals surface area contributed by atoms with E-state index in [0.717, 1.165) is 5.52 Å². The van der Waals surface area contributed by atoms with Gasteiger partial charge in [0.1, 0.15) is 5.75 Å². The van der Waals surface area contributed by atoms with Crippen molar-refractivity contribution in [2.45, 2.75) is 6.42 Å². The first-order valence-electron chi connectivity index (χ1n) is 5.83. The molecule has 98 valence electrons. The van der Waals surface area contributed by atoms with Crippen LogP contribution in [0.25, 0.3) is 10.9 Å². The second-order valence-corrected chi connectivity index (χ2v) is 4.40. The summed E-state index contributed by atoms with van der Waals surface area (Å²) in [5, 5.41) is 16.8. The van der Waals surface area contributed by atoms with Crippen LogP contribution in [0.4, 0.5) is 10.6 Å². The lowest BCUT2D eigenvalue weighted by atomic mass is 10.2. The first-order chi connectivity index (χ1) is 9.06. The molecular weight excluding hydrogens is 248 g/mol. The number of hydrogen-bond acceptors (Lipinski definition) is 4. The molecule has 2 aromatic rings. The zero-order chi connectivity index (χ0) is 13.6. The maximum absolute atomic E-state index is 11.8. The van der Waals surface area contributed by atoms with E-state index in [0.29, 0.717) is 11.2 Å². The SMILES string of the molecule is Cn1nc(N2CCC(=O)NC2=O)c2cc(O)ccc21. The molecule has 3 amide bonds. The summed E-state index contributed by atoms with van der Waals surface area (Å²) in [6, 6.07) is 4.36. The van der Waals surface area contributed by atoms with Crippen LogP contribution in [0, 0.1) is 0 Å². The maximum atomic E-state index is 11.8. The summed E-state index contributed by atoms with van der Waals surface area (Å²) >= 11 is 0. The average Bonchev–Trinajstić information content (AvgIpc) is 2.66. The molecule has 0 radical (unpaired) electrons. The Morgan fingerprint density at radius 3 is 2.89 bits per heavy atom. The van der Waals surface area contributed by atoms with Gasteiger partial charge in [-0.2, -0.15) is 5.10 Å². The second-order valence-electron chi connectivity index (χ2n) is 4.40. The third-order valence-corrected chi connectivity index (χ3v) is 3.12. The van der Waals surface area contributed by atoms with Gasteiger partial charge in [-0.1, -0.05) is 0 Å². The van der Waals surface area contributed by atoms with E-state index in [-0.39, 0.29) is 24.6 Å². The van der Waals surface area contributed by atoms with Gasteiger partial charge in [0.05, 0.1) is 5.52 Å². The number of urea groups is 1. The molecule has 1 saturated heterocycles. The van der Waals surface area contributed by atoms with Crippen LogP contribution >= 0.6 is 0 Å². The number of benzene rings is 1. The van der Waals surface area contributed by atoms with Crippen LogP contribution in [0.5, 0.6) is 5.75 Å². The first-order valence-corrected chi connectivity index (χ1v) is 5.83. The average molecular weight is 260 g/mol. The molecule has 0 aliphatic carbocycles. The molecule has 0 atom stereocenters. The number of nitrogens with one attached hydrogen (secondary N) is 1. The molecular formula is C12H12N4O3. The lowest BCUT2D eigenvalue weighted by Gasteiger charge is -2.24. The molecule has 0 bridgehead atoms. The van der Waals surface area contributed by atoms with E-state index in [9.17, 15) is 14.7 Å². The van der Waals surface area contributed by atoms with Crippen molar-refractivity contribution < 1.29 is 14.7 Å². The number of aromatic hydroxyl groups is 1. The Labute approximate surface area is 108 Å². The number of carbonyl (C=O) groups is 2. The largest absolute Gasteiger partial charge is 0.508 e. The van der Waals surface area contributed by atoms with E-state index in [2.05, 4.69) is 10.4 Å². The fourth-order valence-electron chi connectivity index (χ4n) is 2.20. The topological polar surface area (TPSA) is 87.5 Å². The van der Waals surface area contributed by atoms with E-state index in [1.165, 1.54) is 4.90 Å². The number of aryl methyl sites for hydroxylation is 1. The molecule has 1 fully saturated rings. The maximum Gasteiger partial charge on any atom is 0.329 e. The quantitative estimate of drug-likeness (QED) is 0.791. The third kappa shape index (κ3) is 1.79. The van der Waals surface area contributed by atoms with Crippen LogP contribution in [0.15, 0.2) is 18.2 Å². The van der Waals surface area contributed by atoms with Crippen molar-refractivity contribution >= 4 is 28.7 Å². The Morgan fingerprint density at radius 2 is 2.16 bits per heavy atom. The van der Waals surface area contributed by atoms with Crippen LogP contribution in [-0.2, 0) is 11.8 Å². The molecule has 1 aliphatic rings. The molecule has 1 aromatic carbocycles. The highest BCUT2D eigenvalue weighted by Crippen LogP contribution is 2.29. The van der Waals surface area contributed by atoms with E-state index in [4.69, 9.17) is 0 Å². The molecule has 19 heavy (non-hydrogen) atoms. The number of phenols is 1. The Bertz CT molecular complexity index is 692. The molecule has 1 aliphatic heterocycles. The number of fused-ring (bicyclic) bond motifs is 1. The van der Waals surface area contributed by atoms with Crippen molar-refractivity contribution in [3.8, 4) is 5.75 Å². The van der Waals surface area contributed by atoms with Crippen molar-refractivity contribution in [3.63, 3.8) is 0 Å². The van der Waals surface area contributed by atoms with E-state index >= 15 is 0 Å². The minimum absolute atomic E-state index is 0.107. The lowest BCUT2D eigenvalue weighted by Crippen LogP contribution is -2.49. The summed E-state index contributed by atoms with van der Waals surface area (Å²) in [5.74, 6) is 0.262. The number of amides is 3. The normalized spacial score (nSPS) is 15.9. The Balaban J connectivity index is 2.12. The highest BCUT2D eigenvalue weighted by Gasteiger charge is 2.27. The number of rotatable bonds is 1. The van der Waals surface area contributed by atoms with Crippen LogP contribution in [0.2, 0.25) is 0 Å². The smallest absolute Gasteiger partial charge is 0.329 e. The first kappa shape index (κ1) is 11.5. The number of aromatic nitrogens is 2. The summed E-state index contributed by atoms with van der Waals surface area (Å²) < 4.78 is 1.63. The fourth-order valence-corrected chi connectivity index (χ4v) is 2.20. The van der Waals surface area contributed by atoms with Crippen LogP contribution in [0.1, 0.15) is 6.42 Å². The van der Waals surface area contributed by atoms with Crippen molar-refractivity contribution in [2.24, 2.45) is 7.05 Å². The summed E-state index contributed by atoms with van der Waals surface area (Å²) in [6.45, 7) is 0.284. The van der Waals surface area contributed by atoms with E-state index < -0.39 is 6.03 Å². The number of carbonyl (C=O) groups excluding carboxylic acids is 2. The van der Waals surface area contributed by atoms with E-state index in [1.54, 1.807) is 29.9 Å². The number of hydrogen-bond donors (Lipinski definition) is 2. The molecule has 7 nitrogen and oxygen atoms in total. The van der Waals surface area contributed by atoms with Gasteiger partial charge in [-0.15, -0.1) is 0 Å². The van der Waals surface area contributed by atoms with Crippen LogP contribution in [-0.4, -0.2) is 33.4 Å². The number of imide groups is 1. The van der Waals surface area contributed by atoms with Crippen molar-refractivity contribution in [1.82, 2.24) is 15.1 Å².